The smallest absolute Gasteiger partial charge is 0.175 e. The SMILES string of the molecule is Clc1cccc(NNC2=NCCCS2)c1. The van der Waals surface area contributed by atoms with Crippen molar-refractivity contribution in [1.29, 1.82) is 0 Å². The van der Waals surface area contributed by atoms with Crippen molar-refractivity contribution in [3.05, 3.63) is 29.3 Å². The minimum Gasteiger partial charge on any atom is -0.299 e. The van der Waals surface area contributed by atoms with Gasteiger partial charge in [0, 0.05) is 17.3 Å². The van der Waals surface area contributed by atoms with E-state index in [1.54, 1.807) is 11.8 Å². The van der Waals surface area contributed by atoms with Crippen LogP contribution in [0.3, 0.4) is 0 Å². The van der Waals surface area contributed by atoms with E-state index >= 15 is 0 Å². The highest BCUT2D eigenvalue weighted by Crippen LogP contribution is 2.15. The third kappa shape index (κ3) is 3.32. The molecule has 0 saturated heterocycles. The van der Waals surface area contributed by atoms with Crippen LogP contribution in [0.4, 0.5) is 5.69 Å². The third-order valence-electron chi connectivity index (χ3n) is 1.94. The van der Waals surface area contributed by atoms with Crippen molar-refractivity contribution in [3.8, 4) is 0 Å². The number of nitrogens with zero attached hydrogens (tertiary/aromatic N) is 1. The summed E-state index contributed by atoms with van der Waals surface area (Å²) in [5.41, 5.74) is 7.08. The minimum absolute atomic E-state index is 0.722. The largest absolute Gasteiger partial charge is 0.299 e. The molecule has 15 heavy (non-hydrogen) atoms. The molecule has 1 aliphatic rings. The fraction of sp³-hybridized carbons (Fsp3) is 0.300. The summed E-state index contributed by atoms with van der Waals surface area (Å²) >= 11 is 7.59. The van der Waals surface area contributed by atoms with E-state index in [1.807, 2.05) is 24.3 Å². The van der Waals surface area contributed by atoms with Crippen LogP contribution in [0, 0.1) is 0 Å². The van der Waals surface area contributed by atoms with Crippen LogP contribution in [0.15, 0.2) is 29.3 Å². The number of hydrazine groups is 1. The Morgan fingerprint density at radius 2 is 2.27 bits per heavy atom. The highest BCUT2D eigenvalue weighted by molar-refractivity contribution is 8.13. The predicted molar refractivity (Wildman–Crippen MR) is 67.6 cm³/mol. The molecule has 2 rings (SSSR count). The van der Waals surface area contributed by atoms with E-state index in [0.29, 0.717) is 0 Å². The van der Waals surface area contributed by atoms with Gasteiger partial charge in [-0.2, -0.15) is 0 Å². The molecule has 1 aliphatic heterocycles. The summed E-state index contributed by atoms with van der Waals surface area (Å²) in [7, 11) is 0. The first kappa shape index (κ1) is 10.6. The lowest BCUT2D eigenvalue weighted by Crippen LogP contribution is -2.29. The van der Waals surface area contributed by atoms with E-state index in [-0.39, 0.29) is 0 Å². The van der Waals surface area contributed by atoms with Crippen molar-refractivity contribution in [3.63, 3.8) is 0 Å². The second-order valence-corrected chi connectivity index (χ2v) is 4.67. The van der Waals surface area contributed by atoms with Gasteiger partial charge in [-0.25, -0.2) is 0 Å². The highest BCUT2D eigenvalue weighted by atomic mass is 35.5. The molecule has 0 radical (unpaired) electrons. The van der Waals surface area contributed by atoms with Crippen LogP contribution in [0.2, 0.25) is 5.02 Å². The van der Waals surface area contributed by atoms with Gasteiger partial charge in [0.1, 0.15) is 0 Å². The van der Waals surface area contributed by atoms with Crippen LogP contribution in [0.25, 0.3) is 0 Å². The molecule has 0 spiro atoms. The minimum atomic E-state index is 0.722. The fourth-order valence-corrected chi connectivity index (χ4v) is 2.19. The first-order chi connectivity index (χ1) is 7.34. The number of halogens is 1. The van der Waals surface area contributed by atoms with Crippen molar-refractivity contribution in [2.45, 2.75) is 6.42 Å². The summed E-state index contributed by atoms with van der Waals surface area (Å²) in [5.74, 6) is 1.13. The molecule has 80 valence electrons. The van der Waals surface area contributed by atoms with E-state index in [9.17, 15) is 0 Å². The number of benzene rings is 1. The van der Waals surface area contributed by atoms with Gasteiger partial charge in [-0.05, 0) is 24.6 Å². The van der Waals surface area contributed by atoms with Gasteiger partial charge in [0.25, 0.3) is 0 Å². The number of amidine groups is 1. The maximum absolute atomic E-state index is 5.86. The Bertz CT molecular complexity index is 367. The van der Waals surface area contributed by atoms with Crippen LogP contribution in [0.1, 0.15) is 6.42 Å². The van der Waals surface area contributed by atoms with Crippen molar-refractivity contribution >= 4 is 34.2 Å². The summed E-state index contributed by atoms with van der Waals surface area (Å²) in [6.45, 7) is 0.909. The van der Waals surface area contributed by atoms with Gasteiger partial charge in [0.2, 0.25) is 0 Å². The predicted octanol–water partition coefficient (Wildman–Crippen LogP) is 2.75. The number of hydrogen-bond donors (Lipinski definition) is 2. The molecule has 0 atom stereocenters. The van der Waals surface area contributed by atoms with E-state index in [4.69, 9.17) is 11.6 Å². The Hall–Kier alpha value is -0.870. The molecule has 0 aromatic heterocycles. The highest BCUT2D eigenvalue weighted by Gasteiger charge is 2.04. The van der Waals surface area contributed by atoms with Crippen molar-refractivity contribution in [2.24, 2.45) is 4.99 Å². The second-order valence-electron chi connectivity index (χ2n) is 3.15. The Morgan fingerprint density at radius 1 is 1.33 bits per heavy atom. The molecule has 5 heteroatoms. The van der Waals surface area contributed by atoms with E-state index in [2.05, 4.69) is 15.8 Å². The number of aliphatic imine (C=N–C) groups is 1. The topological polar surface area (TPSA) is 36.4 Å². The Morgan fingerprint density at radius 3 is 3.00 bits per heavy atom. The number of rotatable bonds is 2. The lowest BCUT2D eigenvalue weighted by Gasteiger charge is -2.14. The zero-order chi connectivity index (χ0) is 10.5. The summed E-state index contributed by atoms with van der Waals surface area (Å²) in [4.78, 5) is 4.34. The average Bonchev–Trinajstić information content (AvgIpc) is 2.28. The average molecular weight is 242 g/mol. The van der Waals surface area contributed by atoms with Gasteiger partial charge in [-0.15, -0.1) is 0 Å². The van der Waals surface area contributed by atoms with E-state index < -0.39 is 0 Å². The van der Waals surface area contributed by atoms with Crippen LogP contribution in [0.5, 0.6) is 0 Å². The first-order valence-corrected chi connectivity index (χ1v) is 6.16. The normalized spacial score (nSPS) is 15.7. The van der Waals surface area contributed by atoms with Crippen LogP contribution < -0.4 is 10.9 Å². The summed E-state index contributed by atoms with van der Waals surface area (Å²) in [5, 5.41) is 1.67. The van der Waals surface area contributed by atoms with Crippen molar-refractivity contribution in [1.82, 2.24) is 5.43 Å². The van der Waals surface area contributed by atoms with Crippen molar-refractivity contribution in [2.75, 3.05) is 17.7 Å². The Balaban J connectivity index is 1.90. The molecule has 0 bridgehead atoms. The molecular formula is C10H12ClN3S. The maximum Gasteiger partial charge on any atom is 0.175 e. The zero-order valence-electron chi connectivity index (χ0n) is 8.16. The summed E-state index contributed by atoms with van der Waals surface area (Å²) in [6.07, 6.45) is 1.16. The maximum atomic E-state index is 5.86. The lowest BCUT2D eigenvalue weighted by molar-refractivity contribution is 0.923. The zero-order valence-corrected chi connectivity index (χ0v) is 9.74. The van der Waals surface area contributed by atoms with Gasteiger partial charge in [-0.3, -0.25) is 15.8 Å². The van der Waals surface area contributed by atoms with Crippen LogP contribution >= 0.6 is 23.4 Å². The molecule has 1 aromatic rings. The number of hydrogen-bond acceptors (Lipinski definition) is 4. The lowest BCUT2D eigenvalue weighted by atomic mass is 10.3. The Labute approximate surface area is 98.3 Å². The number of thioether (sulfide) groups is 1. The molecule has 3 nitrogen and oxygen atoms in total. The van der Waals surface area contributed by atoms with Crippen LogP contribution in [-0.2, 0) is 0 Å². The second kappa shape index (κ2) is 5.28. The molecular weight excluding hydrogens is 230 g/mol. The summed E-state index contributed by atoms with van der Waals surface area (Å²) < 4.78 is 0. The molecule has 0 amide bonds. The molecule has 0 unspecified atom stereocenters. The molecule has 0 aliphatic carbocycles. The monoisotopic (exact) mass is 241 g/mol. The Kier molecular flexibility index (Phi) is 3.75. The number of nitrogens with one attached hydrogen (secondary N) is 2. The first-order valence-electron chi connectivity index (χ1n) is 4.79. The fourth-order valence-electron chi connectivity index (χ4n) is 1.23. The van der Waals surface area contributed by atoms with Crippen LogP contribution in [-0.4, -0.2) is 17.5 Å². The van der Waals surface area contributed by atoms with Crippen molar-refractivity contribution < 1.29 is 0 Å². The van der Waals surface area contributed by atoms with Gasteiger partial charge >= 0.3 is 0 Å². The summed E-state index contributed by atoms with van der Waals surface area (Å²) in [6, 6.07) is 7.57. The molecule has 1 heterocycles. The third-order valence-corrected chi connectivity index (χ3v) is 3.17. The molecule has 0 saturated carbocycles. The van der Waals surface area contributed by atoms with E-state index in [0.717, 1.165) is 34.6 Å². The molecule has 1 aromatic carbocycles. The molecule has 2 N–H and O–H groups in total. The number of anilines is 1. The van der Waals surface area contributed by atoms with Gasteiger partial charge < -0.3 is 0 Å². The standard InChI is InChI=1S/C10H12ClN3S/c11-8-3-1-4-9(7-8)13-14-10-12-5-2-6-15-10/h1,3-4,7,13H,2,5-6H2,(H,12,14). The quantitative estimate of drug-likeness (QED) is 0.782. The van der Waals surface area contributed by atoms with E-state index in [1.165, 1.54) is 0 Å². The van der Waals surface area contributed by atoms with Gasteiger partial charge in [0.05, 0.1) is 5.69 Å². The van der Waals surface area contributed by atoms with Gasteiger partial charge in [-0.1, -0.05) is 29.4 Å². The molecule has 0 fully saturated rings. The van der Waals surface area contributed by atoms with Gasteiger partial charge in [0.15, 0.2) is 5.17 Å².